The van der Waals surface area contributed by atoms with Crippen molar-refractivity contribution in [1.29, 1.82) is 0 Å². The first-order valence-electron chi connectivity index (χ1n) is 10.5. The number of methoxy groups -OCH3 is 1. The Morgan fingerprint density at radius 3 is 2.19 bits per heavy atom. The van der Waals surface area contributed by atoms with Gasteiger partial charge in [0.05, 0.1) is 12.7 Å². The van der Waals surface area contributed by atoms with Crippen molar-refractivity contribution in [1.82, 2.24) is 0 Å². The highest BCUT2D eigenvalue weighted by Gasteiger charge is 2.31. The highest BCUT2D eigenvalue weighted by molar-refractivity contribution is 5.89. The molecule has 0 saturated heterocycles. The van der Waals surface area contributed by atoms with Crippen LogP contribution in [0.1, 0.15) is 93.0 Å². The number of rotatable bonds is 5. The lowest BCUT2D eigenvalue weighted by Crippen LogP contribution is -2.25. The molecule has 26 heavy (non-hydrogen) atoms. The van der Waals surface area contributed by atoms with Crippen LogP contribution in [0.3, 0.4) is 0 Å². The van der Waals surface area contributed by atoms with Crippen LogP contribution in [0.15, 0.2) is 18.2 Å². The van der Waals surface area contributed by atoms with Crippen LogP contribution in [-0.4, -0.2) is 13.1 Å². The van der Waals surface area contributed by atoms with Crippen LogP contribution >= 0.6 is 0 Å². The molecule has 0 spiro atoms. The topological polar surface area (TPSA) is 26.3 Å². The molecule has 3 heteroatoms. The molecule has 2 aliphatic rings. The molecule has 0 amide bonds. The third-order valence-corrected chi connectivity index (χ3v) is 6.89. The third kappa shape index (κ3) is 4.47. The number of hydrogen-bond acceptors (Lipinski definition) is 2. The summed E-state index contributed by atoms with van der Waals surface area (Å²) >= 11 is 0. The predicted octanol–water partition coefficient (Wildman–Crippen LogP) is 6.49. The number of esters is 1. The standard InChI is InChI=1S/C23H33FO2/c1-3-4-16-5-7-17(8-6-16)18-9-11-19(12-10-18)21-14-13-20(15-22(21)24)23(25)26-2/h13-19H,3-12H2,1-2H3. The summed E-state index contributed by atoms with van der Waals surface area (Å²) in [7, 11) is 1.32. The summed E-state index contributed by atoms with van der Waals surface area (Å²) in [5, 5.41) is 0. The molecule has 1 aromatic carbocycles. The smallest absolute Gasteiger partial charge is 0.337 e. The molecule has 0 radical (unpaired) electrons. The van der Waals surface area contributed by atoms with Gasteiger partial charge in [0, 0.05) is 0 Å². The van der Waals surface area contributed by atoms with Crippen LogP contribution in [0, 0.1) is 23.6 Å². The maximum atomic E-state index is 14.5. The Hall–Kier alpha value is -1.38. The molecule has 0 aromatic heterocycles. The van der Waals surface area contributed by atoms with Crippen molar-refractivity contribution in [2.24, 2.45) is 17.8 Å². The van der Waals surface area contributed by atoms with Crippen LogP contribution in [-0.2, 0) is 4.74 Å². The molecule has 0 bridgehead atoms. The second-order valence-electron chi connectivity index (χ2n) is 8.41. The SMILES string of the molecule is CCCC1CCC(C2CCC(c3ccc(C(=O)OC)cc3F)CC2)CC1. The van der Waals surface area contributed by atoms with Gasteiger partial charge in [0.1, 0.15) is 5.82 Å². The highest BCUT2D eigenvalue weighted by atomic mass is 19.1. The molecule has 3 rings (SSSR count). The molecule has 2 nitrogen and oxygen atoms in total. The largest absolute Gasteiger partial charge is 0.465 e. The van der Waals surface area contributed by atoms with E-state index in [0.717, 1.165) is 36.2 Å². The maximum Gasteiger partial charge on any atom is 0.337 e. The molecule has 0 aliphatic heterocycles. The van der Waals surface area contributed by atoms with E-state index in [1.165, 1.54) is 64.5 Å². The summed E-state index contributed by atoms with van der Waals surface area (Å²) in [5.41, 5.74) is 1.08. The molecule has 0 atom stereocenters. The Morgan fingerprint density at radius 2 is 1.65 bits per heavy atom. The van der Waals surface area contributed by atoms with E-state index in [1.807, 2.05) is 0 Å². The van der Waals surface area contributed by atoms with Crippen molar-refractivity contribution in [3.63, 3.8) is 0 Å². The predicted molar refractivity (Wildman–Crippen MR) is 103 cm³/mol. The molecular formula is C23H33FO2. The number of hydrogen-bond donors (Lipinski definition) is 0. The highest BCUT2D eigenvalue weighted by Crippen LogP contribution is 2.44. The Kier molecular flexibility index (Phi) is 6.72. The third-order valence-electron chi connectivity index (χ3n) is 6.89. The summed E-state index contributed by atoms with van der Waals surface area (Å²) in [6.07, 6.45) is 13.0. The zero-order valence-corrected chi connectivity index (χ0v) is 16.3. The normalized spacial score (nSPS) is 29.3. The first kappa shape index (κ1) is 19.4. The van der Waals surface area contributed by atoms with Crippen LogP contribution in [0.2, 0.25) is 0 Å². The lowest BCUT2D eigenvalue weighted by atomic mass is 9.68. The molecule has 2 aliphatic carbocycles. The van der Waals surface area contributed by atoms with Gasteiger partial charge in [0.2, 0.25) is 0 Å². The summed E-state index contributed by atoms with van der Waals surface area (Å²) in [4.78, 5) is 11.5. The minimum atomic E-state index is -0.474. The minimum absolute atomic E-state index is 0.253. The lowest BCUT2D eigenvalue weighted by molar-refractivity contribution is 0.0600. The lowest BCUT2D eigenvalue weighted by Gasteiger charge is -2.38. The van der Waals surface area contributed by atoms with E-state index in [4.69, 9.17) is 0 Å². The Bertz CT molecular complexity index is 596. The van der Waals surface area contributed by atoms with Crippen molar-refractivity contribution in [2.75, 3.05) is 7.11 Å². The molecule has 2 fully saturated rings. The summed E-state index contributed by atoms with van der Waals surface area (Å²) in [6, 6.07) is 4.83. The second-order valence-corrected chi connectivity index (χ2v) is 8.41. The van der Waals surface area contributed by atoms with Gasteiger partial charge in [-0.3, -0.25) is 0 Å². The van der Waals surface area contributed by atoms with E-state index in [1.54, 1.807) is 12.1 Å². The van der Waals surface area contributed by atoms with Gasteiger partial charge in [-0.15, -0.1) is 0 Å². The molecule has 0 unspecified atom stereocenters. The molecule has 1 aromatic rings. The number of halogens is 1. The van der Waals surface area contributed by atoms with Gasteiger partial charge >= 0.3 is 5.97 Å². The molecule has 144 valence electrons. The van der Waals surface area contributed by atoms with Crippen molar-refractivity contribution >= 4 is 5.97 Å². The maximum absolute atomic E-state index is 14.5. The van der Waals surface area contributed by atoms with Crippen molar-refractivity contribution in [3.8, 4) is 0 Å². The molecule has 2 saturated carbocycles. The minimum Gasteiger partial charge on any atom is -0.465 e. The number of carbonyl (C=O) groups is 1. The van der Waals surface area contributed by atoms with Crippen molar-refractivity contribution < 1.29 is 13.9 Å². The van der Waals surface area contributed by atoms with Crippen molar-refractivity contribution in [3.05, 3.63) is 35.1 Å². The summed E-state index contributed by atoms with van der Waals surface area (Å²) in [6.45, 7) is 2.30. The first-order chi connectivity index (χ1) is 12.6. The quantitative estimate of drug-likeness (QED) is 0.561. The van der Waals surface area contributed by atoms with Gasteiger partial charge in [-0.25, -0.2) is 9.18 Å². The fraction of sp³-hybridized carbons (Fsp3) is 0.696. The summed E-state index contributed by atoms with van der Waals surface area (Å²) < 4.78 is 19.2. The van der Waals surface area contributed by atoms with Crippen LogP contribution < -0.4 is 0 Å². The Balaban J connectivity index is 1.53. The van der Waals surface area contributed by atoms with Crippen LogP contribution in [0.25, 0.3) is 0 Å². The van der Waals surface area contributed by atoms with Crippen molar-refractivity contribution in [2.45, 2.75) is 77.0 Å². The second kappa shape index (κ2) is 9.01. The zero-order valence-electron chi connectivity index (χ0n) is 16.3. The zero-order chi connectivity index (χ0) is 18.5. The van der Waals surface area contributed by atoms with E-state index in [0.29, 0.717) is 11.5 Å². The number of ether oxygens (including phenoxy) is 1. The number of benzene rings is 1. The van der Waals surface area contributed by atoms with Gasteiger partial charge in [0.25, 0.3) is 0 Å². The fourth-order valence-electron chi connectivity index (χ4n) is 5.36. The van der Waals surface area contributed by atoms with E-state index < -0.39 is 5.97 Å². The molecule has 0 N–H and O–H groups in total. The average molecular weight is 361 g/mol. The van der Waals surface area contributed by atoms with E-state index >= 15 is 0 Å². The van der Waals surface area contributed by atoms with Gasteiger partial charge in [-0.05, 0) is 79.9 Å². The van der Waals surface area contributed by atoms with Crippen LogP contribution in [0.4, 0.5) is 4.39 Å². The van der Waals surface area contributed by atoms with E-state index in [9.17, 15) is 9.18 Å². The van der Waals surface area contributed by atoms with Gasteiger partial charge in [0.15, 0.2) is 0 Å². The molecular weight excluding hydrogens is 327 g/mol. The van der Waals surface area contributed by atoms with E-state index in [2.05, 4.69) is 11.7 Å². The van der Waals surface area contributed by atoms with Gasteiger partial charge in [-0.1, -0.05) is 38.7 Å². The fourth-order valence-corrected chi connectivity index (χ4v) is 5.36. The Labute approximate surface area is 157 Å². The first-order valence-corrected chi connectivity index (χ1v) is 10.5. The number of carbonyl (C=O) groups excluding carboxylic acids is 1. The summed E-state index contributed by atoms with van der Waals surface area (Å²) in [5.74, 6) is 2.28. The van der Waals surface area contributed by atoms with Crippen LogP contribution in [0.5, 0.6) is 0 Å². The Morgan fingerprint density at radius 1 is 1.04 bits per heavy atom. The van der Waals surface area contributed by atoms with Gasteiger partial charge in [-0.2, -0.15) is 0 Å². The van der Waals surface area contributed by atoms with Gasteiger partial charge < -0.3 is 4.74 Å². The average Bonchev–Trinajstić information content (AvgIpc) is 2.68. The van der Waals surface area contributed by atoms with E-state index in [-0.39, 0.29) is 5.82 Å². The molecule has 0 heterocycles. The monoisotopic (exact) mass is 360 g/mol.